The number of hydrogen-bond donors (Lipinski definition) is 0. The molecule has 0 atom stereocenters. The summed E-state index contributed by atoms with van der Waals surface area (Å²) in [5, 5.41) is 0. The highest BCUT2D eigenvalue weighted by molar-refractivity contribution is 14.1. The normalized spacial score (nSPS) is 11.6. The van der Waals surface area contributed by atoms with Gasteiger partial charge in [0.25, 0.3) is 0 Å². The van der Waals surface area contributed by atoms with Crippen molar-refractivity contribution < 1.29 is 42.6 Å². The van der Waals surface area contributed by atoms with E-state index in [-0.39, 0.29) is 6.10 Å². The van der Waals surface area contributed by atoms with Gasteiger partial charge in [-0.15, -0.1) is 0 Å². The molecule has 0 aliphatic rings. The highest BCUT2D eigenvalue weighted by atomic mass is 127. The summed E-state index contributed by atoms with van der Waals surface area (Å²) < 4.78 is 52.9. The molecule has 0 N–H and O–H groups in total. The molecule has 0 radical (unpaired) electrons. The Bertz CT molecular complexity index is 339. The molecule has 0 aliphatic carbocycles. The van der Waals surface area contributed by atoms with E-state index in [0.717, 1.165) is 33.1 Å². The smallest absolute Gasteiger partial charge is 0.104 e. The molecule has 0 amide bonds. The first kappa shape index (κ1) is 34.8. The van der Waals surface area contributed by atoms with Gasteiger partial charge in [0.1, 0.15) is 6.10 Å². The summed E-state index contributed by atoms with van der Waals surface area (Å²) in [4.78, 5) is 0. The number of ether oxygens (including phenoxy) is 9. The van der Waals surface area contributed by atoms with E-state index < -0.39 is 0 Å². The number of halogens is 3. The molecule has 0 saturated carbocycles. The molecule has 0 unspecified atom stereocenters. The average molecular weight is 818 g/mol. The van der Waals surface area contributed by atoms with E-state index in [1.165, 1.54) is 0 Å². The molecular weight excluding hydrogens is 777 g/mol. The zero-order chi connectivity index (χ0) is 24.1. The van der Waals surface area contributed by atoms with Gasteiger partial charge in [0.2, 0.25) is 0 Å². The van der Waals surface area contributed by atoms with E-state index in [0.29, 0.717) is 92.5 Å². The van der Waals surface area contributed by atoms with Gasteiger partial charge in [0.15, 0.2) is 0 Å². The first-order valence-corrected chi connectivity index (χ1v) is 15.8. The molecule has 0 heterocycles. The average Bonchev–Trinajstić information content (AvgIpc) is 2.83. The molecule has 9 nitrogen and oxygen atoms in total. The Morgan fingerprint density at radius 1 is 0.333 bits per heavy atom. The molecule has 0 bridgehead atoms. The maximum atomic E-state index is 5.87. The van der Waals surface area contributed by atoms with Crippen molar-refractivity contribution in [3.05, 3.63) is 0 Å². The lowest BCUT2D eigenvalue weighted by molar-refractivity contribution is -0.0865. The molecule has 200 valence electrons. The van der Waals surface area contributed by atoms with Crippen LogP contribution in [0.2, 0.25) is 0 Å². The number of hydrogen-bond acceptors (Lipinski definition) is 9. The van der Waals surface area contributed by atoms with E-state index in [2.05, 4.69) is 67.8 Å². The standard InChI is InChI=1S/C21H41I3O9/c22-1-4-25-7-10-28-13-15-31-19-21(33-18-17-30-12-9-27-6-3-24)20-32-16-14-29-11-8-26-5-2-23/h21H,1-20H2. The maximum Gasteiger partial charge on any atom is 0.104 e. The third-order valence-electron chi connectivity index (χ3n) is 3.71. The lowest BCUT2D eigenvalue weighted by Crippen LogP contribution is -2.29. The zero-order valence-corrected chi connectivity index (χ0v) is 26.0. The van der Waals surface area contributed by atoms with E-state index in [4.69, 9.17) is 42.6 Å². The Hall–Kier alpha value is 1.83. The molecule has 33 heavy (non-hydrogen) atoms. The Morgan fingerprint density at radius 2 is 0.606 bits per heavy atom. The largest absolute Gasteiger partial charge is 0.378 e. The SMILES string of the molecule is ICCOCCOCCOCC(COCCOCCOCCI)OCCOCCOCCI. The van der Waals surface area contributed by atoms with Gasteiger partial charge in [-0.2, -0.15) is 0 Å². The van der Waals surface area contributed by atoms with Crippen molar-refractivity contribution >= 4 is 67.8 Å². The van der Waals surface area contributed by atoms with Gasteiger partial charge in [0.05, 0.1) is 112 Å². The van der Waals surface area contributed by atoms with Crippen molar-refractivity contribution in [3.63, 3.8) is 0 Å². The Labute approximate surface area is 240 Å². The van der Waals surface area contributed by atoms with E-state index in [1.54, 1.807) is 0 Å². The summed E-state index contributed by atoms with van der Waals surface area (Å²) in [6.07, 6.45) is -0.178. The van der Waals surface area contributed by atoms with Crippen molar-refractivity contribution in [2.45, 2.75) is 6.10 Å². The highest BCUT2D eigenvalue weighted by Crippen LogP contribution is 1.97. The van der Waals surface area contributed by atoms with Crippen molar-refractivity contribution in [1.82, 2.24) is 0 Å². The lowest BCUT2D eigenvalue weighted by Gasteiger charge is -2.18. The third-order valence-corrected chi connectivity index (χ3v) is 5.03. The minimum Gasteiger partial charge on any atom is -0.378 e. The number of rotatable bonds is 29. The Morgan fingerprint density at radius 3 is 0.939 bits per heavy atom. The molecule has 0 aromatic carbocycles. The van der Waals surface area contributed by atoms with Crippen LogP contribution >= 0.6 is 67.8 Å². The first-order chi connectivity index (χ1) is 16.3. The molecule has 0 spiro atoms. The highest BCUT2D eigenvalue weighted by Gasteiger charge is 2.10. The molecule has 12 heteroatoms. The predicted octanol–water partition coefficient (Wildman–Crippen LogP) is 2.81. The van der Waals surface area contributed by atoms with Crippen molar-refractivity contribution in [1.29, 1.82) is 0 Å². The summed E-state index contributed by atoms with van der Waals surface area (Å²) >= 11 is 6.84. The van der Waals surface area contributed by atoms with Gasteiger partial charge in [-0.3, -0.25) is 0 Å². The third kappa shape index (κ3) is 29.9. The molecule has 0 aromatic heterocycles. The fourth-order valence-electron chi connectivity index (χ4n) is 2.21. The van der Waals surface area contributed by atoms with Crippen LogP contribution in [-0.2, 0) is 42.6 Å². The van der Waals surface area contributed by atoms with Crippen molar-refractivity contribution in [3.8, 4) is 0 Å². The topological polar surface area (TPSA) is 83.1 Å². The fraction of sp³-hybridized carbons (Fsp3) is 1.00. The molecule has 0 fully saturated rings. The molecule has 0 aliphatic heterocycles. The summed E-state index contributed by atoms with van der Waals surface area (Å²) in [5.41, 5.74) is 0. The molecule has 0 aromatic rings. The number of alkyl halides is 3. The van der Waals surface area contributed by atoms with Crippen LogP contribution in [0.5, 0.6) is 0 Å². The van der Waals surface area contributed by atoms with Crippen LogP contribution in [0.15, 0.2) is 0 Å². The van der Waals surface area contributed by atoms with Crippen molar-refractivity contribution in [2.24, 2.45) is 0 Å². The van der Waals surface area contributed by atoms with Crippen LogP contribution in [0.1, 0.15) is 0 Å². The molecule has 0 saturated heterocycles. The van der Waals surface area contributed by atoms with E-state index in [9.17, 15) is 0 Å². The lowest BCUT2D eigenvalue weighted by atomic mass is 10.4. The maximum absolute atomic E-state index is 5.87. The van der Waals surface area contributed by atoms with Gasteiger partial charge in [0, 0.05) is 13.3 Å². The van der Waals surface area contributed by atoms with Crippen LogP contribution < -0.4 is 0 Å². The van der Waals surface area contributed by atoms with Gasteiger partial charge < -0.3 is 42.6 Å². The van der Waals surface area contributed by atoms with Crippen LogP contribution in [0, 0.1) is 0 Å². The Balaban J connectivity index is 3.84. The van der Waals surface area contributed by atoms with Gasteiger partial charge >= 0.3 is 0 Å². The molecular formula is C21H41I3O9. The van der Waals surface area contributed by atoms with Crippen LogP contribution in [0.4, 0.5) is 0 Å². The van der Waals surface area contributed by atoms with Crippen LogP contribution in [-0.4, -0.2) is 132 Å². The summed E-state index contributed by atoms with van der Waals surface area (Å²) in [6.45, 7) is 9.67. The van der Waals surface area contributed by atoms with Gasteiger partial charge in [-0.1, -0.05) is 67.8 Å². The monoisotopic (exact) mass is 818 g/mol. The Kier molecular flexibility index (Phi) is 33.6. The summed E-state index contributed by atoms with van der Waals surface area (Å²) in [5.74, 6) is 0. The summed E-state index contributed by atoms with van der Waals surface area (Å²) in [6, 6.07) is 0. The quantitative estimate of drug-likeness (QED) is 0.0644. The first-order valence-electron chi connectivity index (χ1n) is 11.3. The zero-order valence-electron chi connectivity index (χ0n) is 19.5. The second kappa shape index (κ2) is 31.9. The second-order valence-corrected chi connectivity index (χ2v) is 9.62. The van der Waals surface area contributed by atoms with Crippen LogP contribution in [0.3, 0.4) is 0 Å². The minimum absolute atomic E-state index is 0.178. The van der Waals surface area contributed by atoms with Crippen LogP contribution in [0.25, 0.3) is 0 Å². The minimum atomic E-state index is -0.178. The predicted molar refractivity (Wildman–Crippen MR) is 153 cm³/mol. The second-order valence-electron chi connectivity index (χ2n) is 6.38. The molecule has 0 rings (SSSR count). The van der Waals surface area contributed by atoms with Crippen molar-refractivity contribution in [2.75, 3.05) is 126 Å². The fourth-order valence-corrected chi connectivity index (χ4v) is 3.15. The van der Waals surface area contributed by atoms with E-state index in [1.807, 2.05) is 0 Å². The van der Waals surface area contributed by atoms with E-state index >= 15 is 0 Å². The van der Waals surface area contributed by atoms with Gasteiger partial charge in [-0.05, 0) is 0 Å². The van der Waals surface area contributed by atoms with Gasteiger partial charge in [-0.25, -0.2) is 0 Å². The summed E-state index contributed by atoms with van der Waals surface area (Å²) in [7, 11) is 0.